The predicted octanol–water partition coefficient (Wildman–Crippen LogP) is 2.76. The van der Waals surface area contributed by atoms with Crippen LogP contribution in [0.15, 0.2) is 6.07 Å². The summed E-state index contributed by atoms with van der Waals surface area (Å²) in [5.41, 5.74) is 1.93. The predicted molar refractivity (Wildman–Crippen MR) is 93.6 cm³/mol. The summed E-state index contributed by atoms with van der Waals surface area (Å²) in [6.07, 6.45) is 3.39. The van der Waals surface area contributed by atoms with Crippen LogP contribution in [0.1, 0.15) is 57.8 Å². The van der Waals surface area contributed by atoms with E-state index in [0.717, 1.165) is 30.7 Å². The van der Waals surface area contributed by atoms with Gasteiger partial charge >= 0.3 is 5.97 Å². The van der Waals surface area contributed by atoms with Crippen molar-refractivity contribution >= 4 is 11.9 Å². The molecule has 0 aliphatic heterocycles. The van der Waals surface area contributed by atoms with Crippen LogP contribution in [-0.2, 0) is 20.9 Å². The maximum Gasteiger partial charge on any atom is 0.308 e. The van der Waals surface area contributed by atoms with Crippen LogP contribution >= 0.6 is 0 Å². The van der Waals surface area contributed by atoms with Gasteiger partial charge in [0.05, 0.1) is 18.7 Å². The molecule has 1 N–H and O–H groups in total. The first-order valence-corrected chi connectivity index (χ1v) is 8.74. The molecule has 0 bridgehead atoms. The normalized spacial score (nSPS) is 12.2. The second-order valence-electron chi connectivity index (χ2n) is 6.85. The van der Waals surface area contributed by atoms with Crippen LogP contribution in [0.2, 0.25) is 0 Å². The van der Waals surface area contributed by atoms with Gasteiger partial charge in [0.1, 0.15) is 0 Å². The third-order valence-electron chi connectivity index (χ3n) is 3.82. The maximum absolute atomic E-state index is 11.8. The van der Waals surface area contributed by atoms with Gasteiger partial charge in [-0.1, -0.05) is 26.7 Å². The Labute approximate surface area is 144 Å². The van der Waals surface area contributed by atoms with Crippen molar-refractivity contribution < 1.29 is 14.3 Å². The smallest absolute Gasteiger partial charge is 0.308 e. The first kappa shape index (κ1) is 20.2. The van der Waals surface area contributed by atoms with Gasteiger partial charge in [0.25, 0.3) is 5.91 Å². The van der Waals surface area contributed by atoms with E-state index in [4.69, 9.17) is 4.74 Å². The van der Waals surface area contributed by atoms with Crippen molar-refractivity contribution in [3.05, 3.63) is 17.5 Å². The van der Waals surface area contributed by atoms with Crippen LogP contribution in [0, 0.1) is 19.8 Å². The SMILES string of the molecule is Cc1cc(C)n(CCC(=O)OCC(=O)NC(C)CCCC(C)C)n1. The highest BCUT2D eigenvalue weighted by Gasteiger charge is 2.11. The van der Waals surface area contributed by atoms with Crippen molar-refractivity contribution in [2.45, 2.75) is 72.9 Å². The van der Waals surface area contributed by atoms with Crippen molar-refractivity contribution in [2.24, 2.45) is 5.92 Å². The molecular weight excluding hydrogens is 306 g/mol. The number of carbonyl (C=O) groups is 2. The average molecular weight is 337 g/mol. The number of hydrogen-bond acceptors (Lipinski definition) is 4. The minimum atomic E-state index is -0.384. The Morgan fingerprint density at radius 1 is 1.25 bits per heavy atom. The minimum absolute atomic E-state index is 0.102. The second kappa shape index (κ2) is 10.1. The minimum Gasteiger partial charge on any atom is -0.456 e. The fourth-order valence-corrected chi connectivity index (χ4v) is 2.54. The second-order valence-corrected chi connectivity index (χ2v) is 6.85. The molecule has 1 amide bonds. The fraction of sp³-hybridized carbons (Fsp3) is 0.722. The van der Waals surface area contributed by atoms with Crippen molar-refractivity contribution in [3.63, 3.8) is 0 Å². The van der Waals surface area contributed by atoms with Gasteiger partial charge in [-0.3, -0.25) is 14.3 Å². The van der Waals surface area contributed by atoms with E-state index in [0.29, 0.717) is 12.5 Å². The zero-order chi connectivity index (χ0) is 18.1. The lowest BCUT2D eigenvalue weighted by Crippen LogP contribution is -2.35. The highest BCUT2D eigenvalue weighted by molar-refractivity contribution is 5.80. The van der Waals surface area contributed by atoms with Gasteiger partial charge in [0.2, 0.25) is 0 Å². The number of rotatable bonds is 10. The molecule has 0 saturated heterocycles. The maximum atomic E-state index is 11.8. The van der Waals surface area contributed by atoms with Gasteiger partial charge in [-0.05, 0) is 39.2 Å². The molecule has 1 rings (SSSR count). The number of ether oxygens (including phenoxy) is 1. The lowest BCUT2D eigenvalue weighted by Gasteiger charge is -2.14. The van der Waals surface area contributed by atoms with Crippen molar-refractivity contribution in [1.82, 2.24) is 15.1 Å². The molecule has 6 heteroatoms. The molecule has 1 aromatic rings. The van der Waals surface area contributed by atoms with Crippen molar-refractivity contribution in [1.29, 1.82) is 0 Å². The van der Waals surface area contributed by atoms with E-state index in [1.807, 2.05) is 26.8 Å². The fourth-order valence-electron chi connectivity index (χ4n) is 2.54. The lowest BCUT2D eigenvalue weighted by atomic mass is 10.0. The Bertz CT molecular complexity index is 538. The topological polar surface area (TPSA) is 73.2 Å². The van der Waals surface area contributed by atoms with Crippen LogP contribution in [0.3, 0.4) is 0 Å². The van der Waals surface area contributed by atoms with Crippen LogP contribution in [0.4, 0.5) is 0 Å². The van der Waals surface area contributed by atoms with Gasteiger partial charge in [-0.15, -0.1) is 0 Å². The molecule has 0 aromatic carbocycles. The first-order chi connectivity index (χ1) is 11.3. The molecule has 0 aliphatic rings. The zero-order valence-electron chi connectivity index (χ0n) is 15.6. The van der Waals surface area contributed by atoms with Gasteiger partial charge in [0.15, 0.2) is 6.61 Å². The number of nitrogens with one attached hydrogen (secondary N) is 1. The van der Waals surface area contributed by atoms with E-state index >= 15 is 0 Å². The first-order valence-electron chi connectivity index (χ1n) is 8.74. The summed E-state index contributed by atoms with van der Waals surface area (Å²) in [4.78, 5) is 23.5. The summed E-state index contributed by atoms with van der Waals surface area (Å²) in [6, 6.07) is 2.06. The van der Waals surface area contributed by atoms with E-state index in [2.05, 4.69) is 24.3 Å². The summed E-state index contributed by atoms with van der Waals surface area (Å²) in [6.45, 7) is 10.5. The Morgan fingerprint density at radius 3 is 2.54 bits per heavy atom. The van der Waals surface area contributed by atoms with Crippen molar-refractivity contribution in [2.75, 3.05) is 6.61 Å². The Hall–Kier alpha value is -1.85. The Balaban J connectivity index is 2.19. The van der Waals surface area contributed by atoms with Gasteiger partial charge < -0.3 is 10.1 Å². The molecule has 0 radical (unpaired) electrons. The zero-order valence-corrected chi connectivity index (χ0v) is 15.6. The number of carbonyl (C=O) groups excluding carboxylic acids is 2. The number of nitrogens with zero attached hydrogens (tertiary/aromatic N) is 2. The highest BCUT2D eigenvalue weighted by atomic mass is 16.5. The van der Waals surface area contributed by atoms with Crippen LogP contribution in [0.25, 0.3) is 0 Å². The number of aryl methyl sites for hydroxylation is 3. The Morgan fingerprint density at radius 2 is 1.96 bits per heavy atom. The third kappa shape index (κ3) is 8.13. The lowest BCUT2D eigenvalue weighted by molar-refractivity contribution is -0.149. The molecule has 0 saturated carbocycles. The molecule has 1 unspecified atom stereocenters. The van der Waals surface area contributed by atoms with E-state index in [-0.39, 0.29) is 30.9 Å². The number of amides is 1. The average Bonchev–Trinajstić information content (AvgIpc) is 2.80. The van der Waals surface area contributed by atoms with E-state index in [9.17, 15) is 9.59 Å². The Kier molecular flexibility index (Phi) is 8.50. The third-order valence-corrected chi connectivity index (χ3v) is 3.82. The van der Waals surface area contributed by atoms with Crippen LogP contribution in [0.5, 0.6) is 0 Å². The summed E-state index contributed by atoms with van der Waals surface area (Å²) >= 11 is 0. The summed E-state index contributed by atoms with van der Waals surface area (Å²) < 4.78 is 6.80. The monoisotopic (exact) mass is 337 g/mol. The quantitative estimate of drug-likeness (QED) is 0.666. The number of esters is 1. The molecule has 1 heterocycles. The molecule has 0 spiro atoms. The van der Waals surface area contributed by atoms with Crippen LogP contribution < -0.4 is 5.32 Å². The standard InChI is InChI=1S/C18H31N3O3/c1-13(2)7-6-8-14(3)19-17(22)12-24-18(23)9-10-21-16(5)11-15(4)20-21/h11,13-14H,6-10,12H2,1-5H3,(H,19,22). The highest BCUT2D eigenvalue weighted by Crippen LogP contribution is 2.08. The summed E-state index contributed by atoms with van der Waals surface area (Å²) in [7, 11) is 0. The van der Waals surface area contributed by atoms with Gasteiger partial charge in [-0.25, -0.2) is 0 Å². The van der Waals surface area contributed by atoms with Crippen molar-refractivity contribution in [3.8, 4) is 0 Å². The van der Waals surface area contributed by atoms with Gasteiger partial charge in [-0.2, -0.15) is 5.10 Å². The van der Waals surface area contributed by atoms with Gasteiger partial charge in [0, 0.05) is 11.7 Å². The molecule has 1 aromatic heterocycles. The molecule has 0 aliphatic carbocycles. The molecule has 136 valence electrons. The molecule has 0 fully saturated rings. The molecular formula is C18H31N3O3. The molecule has 1 atom stereocenters. The van der Waals surface area contributed by atoms with Crippen LogP contribution in [-0.4, -0.2) is 34.3 Å². The van der Waals surface area contributed by atoms with E-state index < -0.39 is 0 Å². The summed E-state index contributed by atoms with van der Waals surface area (Å²) in [5.74, 6) is 0.0488. The summed E-state index contributed by atoms with van der Waals surface area (Å²) in [5, 5.41) is 7.15. The largest absolute Gasteiger partial charge is 0.456 e. The molecule has 6 nitrogen and oxygen atoms in total. The van der Waals surface area contributed by atoms with E-state index in [1.165, 1.54) is 0 Å². The number of hydrogen-bond donors (Lipinski definition) is 1. The number of aromatic nitrogens is 2. The van der Waals surface area contributed by atoms with E-state index in [1.54, 1.807) is 4.68 Å². The molecule has 24 heavy (non-hydrogen) atoms.